The topological polar surface area (TPSA) is 9.72 Å². The fourth-order valence-electron chi connectivity index (χ4n) is 10.4. The highest BCUT2D eigenvalue weighted by molar-refractivity contribution is 7.33. The molecule has 0 radical (unpaired) electrons. The standard InChI is InChI=1S/C56H44BN3S/c1-5-19-39(20-6-1)41-23-17-28-45(35-41)60-52-37-42(40-21-7-2-8-22-40)36-51-54(52)57(56-55(60)48-31-13-16-34-53(48)61-56)49-32-14-15-33-50(49)59(51)47-30-18-29-46(38-47)58(43-24-9-3-10-25-43)44-26-11-4-12-27-44/h1,3-6,9-20,23-38,40H,2,7-8,21-22H2. The van der Waals surface area contributed by atoms with Crippen molar-refractivity contribution in [3.63, 3.8) is 0 Å². The van der Waals surface area contributed by atoms with Crippen molar-refractivity contribution in [2.75, 3.05) is 14.7 Å². The molecule has 1 aliphatic carbocycles. The molecular weight excluding hydrogens is 758 g/mol. The monoisotopic (exact) mass is 801 g/mol. The quantitative estimate of drug-likeness (QED) is 0.149. The van der Waals surface area contributed by atoms with Gasteiger partial charge in [-0.1, -0.05) is 141 Å². The maximum atomic E-state index is 2.64. The molecule has 2 aliphatic heterocycles. The van der Waals surface area contributed by atoms with E-state index in [1.165, 1.54) is 103 Å². The molecule has 3 heterocycles. The summed E-state index contributed by atoms with van der Waals surface area (Å²) in [6.07, 6.45) is 6.35. The number of hydrogen-bond acceptors (Lipinski definition) is 4. The molecule has 0 atom stereocenters. The molecule has 0 N–H and O–H groups in total. The van der Waals surface area contributed by atoms with Crippen LogP contribution in [0.2, 0.25) is 0 Å². The highest BCUT2D eigenvalue weighted by Crippen LogP contribution is 2.50. The Kier molecular flexibility index (Phi) is 8.88. The zero-order chi connectivity index (χ0) is 40.3. The van der Waals surface area contributed by atoms with E-state index in [2.05, 4.69) is 215 Å². The van der Waals surface area contributed by atoms with E-state index in [1.54, 1.807) is 0 Å². The second-order valence-corrected chi connectivity index (χ2v) is 17.8. The molecule has 3 aliphatic rings. The van der Waals surface area contributed by atoms with Gasteiger partial charge in [-0.25, -0.2) is 0 Å². The summed E-state index contributed by atoms with van der Waals surface area (Å²) in [5, 5.41) is 1.32. The Hall–Kier alpha value is -6.82. The number of hydrogen-bond donors (Lipinski definition) is 0. The summed E-state index contributed by atoms with van der Waals surface area (Å²) < 4.78 is 2.73. The van der Waals surface area contributed by atoms with Gasteiger partial charge in [0.25, 0.3) is 6.71 Å². The average Bonchev–Trinajstić information content (AvgIpc) is 3.72. The lowest BCUT2D eigenvalue weighted by atomic mass is 9.36. The summed E-state index contributed by atoms with van der Waals surface area (Å²) in [6, 6.07) is 74.2. The summed E-state index contributed by atoms with van der Waals surface area (Å²) in [4.78, 5) is 7.60. The summed E-state index contributed by atoms with van der Waals surface area (Å²) in [6.45, 7) is 0.0899. The van der Waals surface area contributed by atoms with Gasteiger partial charge in [0, 0.05) is 60.4 Å². The van der Waals surface area contributed by atoms with Crippen LogP contribution in [0.25, 0.3) is 21.2 Å². The first kappa shape index (κ1) is 36.1. The highest BCUT2D eigenvalue weighted by atomic mass is 32.1. The molecule has 0 bridgehead atoms. The maximum Gasteiger partial charge on any atom is 0.264 e. The Balaban J connectivity index is 1.13. The SMILES string of the molecule is c1ccc(-c2cccc(N3c4cc(C5CCCCC5)cc5c4B(c4ccccc4N5c4cccc(N(c5ccccc5)c5ccccc5)c4)c4sc5ccccc5c43)c2)cc1. The second-order valence-electron chi connectivity index (χ2n) is 16.7. The van der Waals surface area contributed by atoms with E-state index in [4.69, 9.17) is 0 Å². The zero-order valence-electron chi connectivity index (χ0n) is 34.0. The van der Waals surface area contributed by atoms with Crippen LogP contribution < -0.4 is 30.4 Å². The molecular formula is C56H44BN3S. The number of anilines is 9. The number of benzene rings is 8. The van der Waals surface area contributed by atoms with Crippen LogP contribution in [0, 0.1) is 0 Å². The first-order valence-electron chi connectivity index (χ1n) is 21.8. The van der Waals surface area contributed by atoms with Crippen LogP contribution in [-0.2, 0) is 0 Å². The Morgan fingerprint density at radius 2 is 1.07 bits per heavy atom. The molecule has 9 aromatic rings. The van der Waals surface area contributed by atoms with Crippen molar-refractivity contribution >= 4 is 95.0 Å². The Morgan fingerprint density at radius 3 is 1.82 bits per heavy atom. The fraction of sp³-hybridized carbons (Fsp3) is 0.107. The van der Waals surface area contributed by atoms with Gasteiger partial charge in [0.05, 0.1) is 5.69 Å². The molecule has 12 rings (SSSR count). The van der Waals surface area contributed by atoms with E-state index in [9.17, 15) is 0 Å². The summed E-state index contributed by atoms with van der Waals surface area (Å²) in [7, 11) is 0. The predicted octanol–water partition coefficient (Wildman–Crippen LogP) is 14.2. The normalized spacial score (nSPS) is 14.4. The molecule has 1 fully saturated rings. The average molecular weight is 802 g/mol. The number of rotatable bonds is 7. The van der Waals surface area contributed by atoms with E-state index in [-0.39, 0.29) is 6.71 Å². The number of para-hydroxylation sites is 3. The van der Waals surface area contributed by atoms with Crippen LogP contribution in [0.5, 0.6) is 0 Å². The van der Waals surface area contributed by atoms with Crippen LogP contribution in [-0.4, -0.2) is 6.71 Å². The van der Waals surface area contributed by atoms with Crippen molar-refractivity contribution in [1.82, 2.24) is 0 Å². The minimum absolute atomic E-state index is 0.0899. The van der Waals surface area contributed by atoms with E-state index in [0.29, 0.717) is 5.92 Å². The van der Waals surface area contributed by atoms with Gasteiger partial charge in [-0.05, 0) is 125 Å². The third-order valence-electron chi connectivity index (χ3n) is 13.2. The van der Waals surface area contributed by atoms with Gasteiger partial charge in [0.1, 0.15) is 0 Å². The summed E-state index contributed by atoms with van der Waals surface area (Å²) in [5.74, 6) is 0.517. The molecule has 8 aromatic carbocycles. The molecule has 0 amide bonds. The summed E-state index contributed by atoms with van der Waals surface area (Å²) >= 11 is 1.97. The third-order valence-corrected chi connectivity index (χ3v) is 14.4. The van der Waals surface area contributed by atoms with Gasteiger partial charge in [-0.15, -0.1) is 11.3 Å². The summed E-state index contributed by atoms with van der Waals surface area (Å²) in [5.41, 5.74) is 17.5. The Labute approximate surface area is 362 Å². The largest absolute Gasteiger partial charge is 0.311 e. The van der Waals surface area contributed by atoms with Crippen LogP contribution in [0.1, 0.15) is 43.6 Å². The van der Waals surface area contributed by atoms with Crippen LogP contribution in [0.3, 0.4) is 0 Å². The maximum absolute atomic E-state index is 2.64. The molecule has 0 spiro atoms. The zero-order valence-corrected chi connectivity index (χ0v) is 34.8. The van der Waals surface area contributed by atoms with E-state index in [0.717, 1.165) is 22.7 Å². The van der Waals surface area contributed by atoms with Crippen LogP contribution in [0.4, 0.5) is 51.2 Å². The first-order valence-corrected chi connectivity index (χ1v) is 22.6. The van der Waals surface area contributed by atoms with E-state index < -0.39 is 0 Å². The molecule has 0 saturated heterocycles. The van der Waals surface area contributed by atoms with Crippen molar-refractivity contribution in [3.8, 4) is 11.1 Å². The molecule has 1 saturated carbocycles. The van der Waals surface area contributed by atoms with Gasteiger partial charge >= 0.3 is 0 Å². The second kappa shape index (κ2) is 15.0. The molecule has 61 heavy (non-hydrogen) atoms. The Morgan fingerprint density at radius 1 is 0.475 bits per heavy atom. The van der Waals surface area contributed by atoms with E-state index in [1.807, 2.05) is 11.3 Å². The number of thiophene rings is 1. The predicted molar refractivity (Wildman–Crippen MR) is 262 cm³/mol. The van der Waals surface area contributed by atoms with Gasteiger partial charge < -0.3 is 14.7 Å². The van der Waals surface area contributed by atoms with Crippen molar-refractivity contribution < 1.29 is 0 Å². The molecule has 3 nitrogen and oxygen atoms in total. The van der Waals surface area contributed by atoms with Crippen molar-refractivity contribution in [2.45, 2.75) is 38.0 Å². The van der Waals surface area contributed by atoms with Gasteiger partial charge in [0.2, 0.25) is 0 Å². The molecule has 292 valence electrons. The minimum atomic E-state index is 0.0899. The molecule has 5 heteroatoms. The van der Waals surface area contributed by atoms with E-state index >= 15 is 0 Å². The smallest absolute Gasteiger partial charge is 0.264 e. The van der Waals surface area contributed by atoms with Crippen molar-refractivity contribution in [3.05, 3.63) is 206 Å². The third kappa shape index (κ3) is 6.10. The lowest BCUT2D eigenvalue weighted by Gasteiger charge is -2.44. The lowest BCUT2D eigenvalue weighted by Crippen LogP contribution is -2.60. The molecule has 1 aromatic heterocycles. The van der Waals surface area contributed by atoms with Gasteiger partial charge in [-0.2, -0.15) is 0 Å². The lowest BCUT2D eigenvalue weighted by molar-refractivity contribution is 0.444. The Bertz CT molecular complexity index is 3010. The van der Waals surface area contributed by atoms with Crippen LogP contribution >= 0.6 is 11.3 Å². The highest BCUT2D eigenvalue weighted by Gasteiger charge is 2.45. The van der Waals surface area contributed by atoms with Gasteiger partial charge in [0.15, 0.2) is 0 Å². The minimum Gasteiger partial charge on any atom is -0.311 e. The fourth-order valence-corrected chi connectivity index (χ4v) is 11.8. The van der Waals surface area contributed by atoms with Gasteiger partial charge in [-0.3, -0.25) is 0 Å². The molecule has 0 unspecified atom stereocenters. The number of fused-ring (bicyclic) bond motifs is 6. The first-order chi connectivity index (χ1) is 30.3. The van der Waals surface area contributed by atoms with Crippen LogP contribution in [0.15, 0.2) is 200 Å². The van der Waals surface area contributed by atoms with Crippen molar-refractivity contribution in [2.24, 2.45) is 0 Å². The van der Waals surface area contributed by atoms with Crippen molar-refractivity contribution in [1.29, 1.82) is 0 Å². The number of nitrogens with zero attached hydrogens (tertiary/aromatic N) is 3.